The second kappa shape index (κ2) is 11.1. The van der Waals surface area contributed by atoms with E-state index < -0.39 is 24.5 Å². The second-order valence-corrected chi connectivity index (χ2v) is 8.20. The van der Waals surface area contributed by atoms with Crippen LogP contribution < -0.4 is 15.5 Å². The number of benzene rings is 1. The number of morpholine rings is 1. The van der Waals surface area contributed by atoms with E-state index in [0.717, 1.165) is 57.7 Å². The van der Waals surface area contributed by atoms with Gasteiger partial charge in [0, 0.05) is 11.6 Å². The van der Waals surface area contributed by atoms with Crippen molar-refractivity contribution >= 4 is 17.9 Å². The van der Waals surface area contributed by atoms with Crippen LogP contribution in [0.25, 0.3) is 0 Å². The van der Waals surface area contributed by atoms with Gasteiger partial charge in [0.25, 0.3) is 5.91 Å². The summed E-state index contributed by atoms with van der Waals surface area (Å²) in [6.45, 7) is 6.00. The van der Waals surface area contributed by atoms with Crippen LogP contribution in [0.15, 0.2) is 24.3 Å². The third-order valence-electron chi connectivity index (χ3n) is 5.86. The largest absolute Gasteiger partial charge is 0.452 e. The van der Waals surface area contributed by atoms with Gasteiger partial charge in [0.05, 0.1) is 18.8 Å². The molecule has 1 aromatic rings. The SMILES string of the molecule is C[C@H]1CCCC[C@H]1NC(=O)NC(=O)COC(=O)c1ccc(C[NH+]2CCOCC2)cc1. The Kier molecular flexibility index (Phi) is 8.21. The molecule has 8 heteroatoms. The van der Waals surface area contributed by atoms with Gasteiger partial charge >= 0.3 is 12.0 Å². The van der Waals surface area contributed by atoms with Gasteiger partial charge in [-0.25, -0.2) is 9.59 Å². The van der Waals surface area contributed by atoms with Crippen LogP contribution in [0.4, 0.5) is 4.79 Å². The van der Waals surface area contributed by atoms with Gasteiger partial charge in [-0.2, -0.15) is 0 Å². The quantitative estimate of drug-likeness (QED) is 0.590. The first kappa shape index (κ1) is 22.2. The number of hydrogen-bond donors (Lipinski definition) is 3. The number of imide groups is 1. The Balaban J connectivity index is 1.38. The van der Waals surface area contributed by atoms with Crippen molar-refractivity contribution in [3.8, 4) is 0 Å². The molecule has 3 amide bonds. The number of amides is 3. The Bertz CT molecular complexity index is 731. The molecule has 1 aromatic carbocycles. The smallest absolute Gasteiger partial charge is 0.338 e. The highest BCUT2D eigenvalue weighted by atomic mass is 16.5. The third-order valence-corrected chi connectivity index (χ3v) is 5.86. The van der Waals surface area contributed by atoms with Crippen molar-refractivity contribution in [3.05, 3.63) is 35.4 Å². The van der Waals surface area contributed by atoms with E-state index in [1.54, 1.807) is 12.1 Å². The van der Waals surface area contributed by atoms with Gasteiger partial charge in [-0.15, -0.1) is 0 Å². The molecule has 1 saturated carbocycles. The number of hydrogen-bond acceptors (Lipinski definition) is 5. The molecule has 0 radical (unpaired) electrons. The first-order valence-corrected chi connectivity index (χ1v) is 10.8. The molecule has 3 N–H and O–H groups in total. The summed E-state index contributed by atoms with van der Waals surface area (Å²) in [6.07, 6.45) is 4.24. The lowest BCUT2D eigenvalue weighted by Gasteiger charge is -2.29. The normalized spacial score (nSPS) is 22.2. The first-order valence-electron chi connectivity index (χ1n) is 10.8. The van der Waals surface area contributed by atoms with Crippen molar-refractivity contribution in [1.82, 2.24) is 10.6 Å². The van der Waals surface area contributed by atoms with Crippen LogP contribution in [0.5, 0.6) is 0 Å². The topological polar surface area (TPSA) is 98.2 Å². The van der Waals surface area contributed by atoms with Gasteiger partial charge in [-0.3, -0.25) is 10.1 Å². The lowest BCUT2D eigenvalue weighted by atomic mass is 9.86. The van der Waals surface area contributed by atoms with Crippen molar-refractivity contribution < 1.29 is 28.8 Å². The van der Waals surface area contributed by atoms with Crippen LogP contribution in [0.1, 0.15) is 48.5 Å². The van der Waals surface area contributed by atoms with Crippen molar-refractivity contribution in [2.24, 2.45) is 5.92 Å². The summed E-state index contributed by atoms with van der Waals surface area (Å²) in [7, 11) is 0. The average molecular weight is 419 g/mol. The fourth-order valence-corrected chi connectivity index (χ4v) is 4.00. The van der Waals surface area contributed by atoms with Crippen LogP contribution in [0.3, 0.4) is 0 Å². The lowest BCUT2D eigenvalue weighted by molar-refractivity contribution is -0.921. The summed E-state index contributed by atoms with van der Waals surface area (Å²) in [5.74, 6) is -0.834. The van der Waals surface area contributed by atoms with Crippen LogP contribution in [0.2, 0.25) is 0 Å². The summed E-state index contributed by atoms with van der Waals surface area (Å²) in [6, 6.07) is 6.74. The summed E-state index contributed by atoms with van der Waals surface area (Å²) < 4.78 is 10.4. The molecule has 1 aliphatic heterocycles. The number of carbonyl (C=O) groups is 3. The van der Waals surface area contributed by atoms with Crippen molar-refractivity contribution in [2.45, 2.75) is 45.2 Å². The van der Waals surface area contributed by atoms with E-state index in [1.807, 2.05) is 12.1 Å². The molecule has 3 rings (SSSR count). The zero-order chi connectivity index (χ0) is 21.3. The summed E-state index contributed by atoms with van der Waals surface area (Å²) in [5.41, 5.74) is 1.51. The maximum absolute atomic E-state index is 12.2. The van der Waals surface area contributed by atoms with Gasteiger partial charge in [0.1, 0.15) is 19.6 Å². The molecular weight excluding hydrogens is 386 g/mol. The Labute approximate surface area is 177 Å². The molecule has 2 atom stereocenters. The Morgan fingerprint density at radius 3 is 2.50 bits per heavy atom. The molecule has 0 bridgehead atoms. The van der Waals surface area contributed by atoms with Crippen LogP contribution in [0, 0.1) is 5.92 Å². The Hall–Kier alpha value is -2.45. The van der Waals surface area contributed by atoms with Gasteiger partial charge in [-0.05, 0) is 30.9 Å². The average Bonchev–Trinajstić information content (AvgIpc) is 2.75. The van der Waals surface area contributed by atoms with Crippen LogP contribution in [-0.4, -0.2) is 56.9 Å². The van der Waals surface area contributed by atoms with Gasteiger partial charge in [0.2, 0.25) is 0 Å². The highest BCUT2D eigenvalue weighted by Gasteiger charge is 2.23. The van der Waals surface area contributed by atoms with Crippen molar-refractivity contribution in [3.63, 3.8) is 0 Å². The molecule has 8 nitrogen and oxygen atoms in total. The number of nitrogens with one attached hydrogen (secondary N) is 3. The lowest BCUT2D eigenvalue weighted by Crippen LogP contribution is -3.12. The Morgan fingerprint density at radius 2 is 1.80 bits per heavy atom. The van der Waals surface area contributed by atoms with Gasteiger partial charge in [0.15, 0.2) is 6.61 Å². The first-order chi connectivity index (χ1) is 14.5. The molecule has 2 aliphatic rings. The monoisotopic (exact) mass is 418 g/mol. The number of urea groups is 1. The van der Waals surface area contributed by atoms with Crippen LogP contribution >= 0.6 is 0 Å². The fourth-order valence-electron chi connectivity index (χ4n) is 4.00. The minimum Gasteiger partial charge on any atom is -0.452 e. The molecule has 0 spiro atoms. The third kappa shape index (κ3) is 6.81. The molecule has 1 heterocycles. The number of rotatable bonds is 6. The fraction of sp³-hybridized carbons (Fsp3) is 0.591. The predicted molar refractivity (Wildman–Crippen MR) is 110 cm³/mol. The second-order valence-electron chi connectivity index (χ2n) is 8.20. The van der Waals surface area contributed by atoms with E-state index in [9.17, 15) is 14.4 Å². The van der Waals surface area contributed by atoms with Crippen LogP contribution in [-0.2, 0) is 20.8 Å². The van der Waals surface area contributed by atoms with E-state index in [4.69, 9.17) is 9.47 Å². The zero-order valence-corrected chi connectivity index (χ0v) is 17.6. The highest BCUT2D eigenvalue weighted by Crippen LogP contribution is 2.23. The molecule has 1 saturated heterocycles. The number of ether oxygens (including phenoxy) is 2. The van der Waals surface area contributed by atoms with E-state index in [-0.39, 0.29) is 6.04 Å². The molecule has 0 aromatic heterocycles. The standard InChI is InChI=1S/C22H31N3O5/c1-16-4-2-3-5-19(16)23-22(28)24-20(26)15-30-21(27)18-8-6-17(7-9-18)14-25-10-12-29-13-11-25/h6-9,16,19H,2-5,10-15H2,1H3,(H2,23,24,26,28)/p+1/t16-,19+/m0/s1. The molecule has 30 heavy (non-hydrogen) atoms. The van der Waals surface area contributed by atoms with E-state index in [2.05, 4.69) is 17.6 Å². The predicted octanol–water partition coefficient (Wildman–Crippen LogP) is 0.663. The van der Waals surface area contributed by atoms with E-state index in [0.29, 0.717) is 11.5 Å². The van der Waals surface area contributed by atoms with Gasteiger partial charge in [-0.1, -0.05) is 31.9 Å². The number of esters is 1. The van der Waals surface area contributed by atoms with Crippen molar-refractivity contribution in [2.75, 3.05) is 32.9 Å². The Morgan fingerprint density at radius 1 is 1.10 bits per heavy atom. The van der Waals surface area contributed by atoms with E-state index >= 15 is 0 Å². The minimum absolute atomic E-state index is 0.0758. The molecular formula is C22H32N3O5+. The van der Waals surface area contributed by atoms with Gasteiger partial charge < -0.3 is 19.7 Å². The summed E-state index contributed by atoms with van der Waals surface area (Å²) in [4.78, 5) is 37.5. The van der Waals surface area contributed by atoms with Crippen molar-refractivity contribution in [1.29, 1.82) is 0 Å². The minimum atomic E-state index is -0.642. The van der Waals surface area contributed by atoms with E-state index in [1.165, 1.54) is 11.3 Å². The summed E-state index contributed by atoms with van der Waals surface area (Å²) >= 11 is 0. The maximum Gasteiger partial charge on any atom is 0.338 e. The molecule has 0 unspecified atom stereocenters. The summed E-state index contributed by atoms with van der Waals surface area (Å²) in [5, 5.41) is 5.07. The zero-order valence-electron chi connectivity index (χ0n) is 17.6. The maximum atomic E-state index is 12.2. The molecule has 164 valence electrons. The highest BCUT2D eigenvalue weighted by molar-refractivity contribution is 5.97. The number of carbonyl (C=O) groups excluding carboxylic acids is 3. The molecule has 1 aliphatic carbocycles. The molecule has 2 fully saturated rings. The number of quaternary nitrogens is 1.